The average Bonchev–Trinajstić information content (AvgIpc) is 2.15. The standard InChI is InChI=1S/C14H22BrN/c1-11(2)9-16(10-12(3)4)14-7-5-6-13(15)8-14/h5-8,11-12H,9-10H2,1-4H3. The lowest BCUT2D eigenvalue weighted by atomic mass is 10.1. The zero-order chi connectivity index (χ0) is 12.1. The molecular formula is C14H22BrN. The van der Waals surface area contributed by atoms with Gasteiger partial charge < -0.3 is 4.90 Å². The smallest absolute Gasteiger partial charge is 0.0377 e. The highest BCUT2D eigenvalue weighted by molar-refractivity contribution is 9.10. The van der Waals surface area contributed by atoms with Crippen molar-refractivity contribution in [1.29, 1.82) is 0 Å². The number of hydrogen-bond donors (Lipinski definition) is 0. The van der Waals surface area contributed by atoms with Gasteiger partial charge in [-0.25, -0.2) is 0 Å². The molecule has 1 aromatic rings. The SMILES string of the molecule is CC(C)CN(CC(C)C)c1cccc(Br)c1. The van der Waals surface area contributed by atoms with Crippen molar-refractivity contribution in [1.82, 2.24) is 0 Å². The van der Waals surface area contributed by atoms with Gasteiger partial charge in [-0.1, -0.05) is 49.7 Å². The van der Waals surface area contributed by atoms with Gasteiger partial charge in [0.05, 0.1) is 0 Å². The van der Waals surface area contributed by atoms with E-state index in [1.54, 1.807) is 0 Å². The van der Waals surface area contributed by atoms with Gasteiger partial charge in [-0.05, 0) is 30.0 Å². The Morgan fingerprint density at radius 1 is 1.06 bits per heavy atom. The summed E-state index contributed by atoms with van der Waals surface area (Å²) in [5, 5.41) is 0. The molecule has 0 saturated carbocycles. The van der Waals surface area contributed by atoms with Crippen LogP contribution in [-0.2, 0) is 0 Å². The van der Waals surface area contributed by atoms with Crippen molar-refractivity contribution in [2.24, 2.45) is 11.8 Å². The summed E-state index contributed by atoms with van der Waals surface area (Å²) in [6.07, 6.45) is 0. The van der Waals surface area contributed by atoms with E-state index in [-0.39, 0.29) is 0 Å². The molecule has 0 radical (unpaired) electrons. The Kier molecular flexibility index (Phi) is 5.33. The first-order valence-electron chi connectivity index (χ1n) is 5.99. The molecule has 1 rings (SSSR count). The maximum atomic E-state index is 3.54. The first kappa shape index (κ1) is 13.6. The molecule has 0 N–H and O–H groups in total. The number of nitrogens with zero attached hydrogens (tertiary/aromatic N) is 1. The number of benzene rings is 1. The van der Waals surface area contributed by atoms with Gasteiger partial charge in [0, 0.05) is 23.2 Å². The van der Waals surface area contributed by atoms with Gasteiger partial charge in [0.15, 0.2) is 0 Å². The minimum Gasteiger partial charge on any atom is -0.371 e. The van der Waals surface area contributed by atoms with Crippen molar-refractivity contribution in [3.05, 3.63) is 28.7 Å². The van der Waals surface area contributed by atoms with Gasteiger partial charge in [-0.3, -0.25) is 0 Å². The van der Waals surface area contributed by atoms with Crippen LogP contribution in [0.3, 0.4) is 0 Å². The van der Waals surface area contributed by atoms with E-state index in [1.165, 1.54) is 5.69 Å². The van der Waals surface area contributed by atoms with Crippen LogP contribution in [0.1, 0.15) is 27.7 Å². The van der Waals surface area contributed by atoms with Gasteiger partial charge in [0.1, 0.15) is 0 Å². The summed E-state index contributed by atoms with van der Waals surface area (Å²) in [4.78, 5) is 2.47. The largest absolute Gasteiger partial charge is 0.371 e. The fourth-order valence-electron chi connectivity index (χ4n) is 1.84. The second kappa shape index (κ2) is 6.29. The van der Waals surface area contributed by atoms with Gasteiger partial charge in [0.2, 0.25) is 0 Å². The maximum absolute atomic E-state index is 3.54. The highest BCUT2D eigenvalue weighted by Gasteiger charge is 2.10. The van der Waals surface area contributed by atoms with Crippen LogP contribution in [0.25, 0.3) is 0 Å². The molecule has 0 aliphatic carbocycles. The zero-order valence-corrected chi connectivity index (χ0v) is 12.3. The molecule has 1 nitrogen and oxygen atoms in total. The van der Waals surface area contributed by atoms with Gasteiger partial charge in [-0.2, -0.15) is 0 Å². The van der Waals surface area contributed by atoms with E-state index < -0.39 is 0 Å². The Morgan fingerprint density at radius 2 is 1.62 bits per heavy atom. The van der Waals surface area contributed by atoms with Crippen LogP contribution in [0.15, 0.2) is 28.7 Å². The second-order valence-electron chi connectivity index (χ2n) is 5.17. The third-order valence-electron chi connectivity index (χ3n) is 2.34. The van der Waals surface area contributed by atoms with Crippen molar-refractivity contribution in [2.45, 2.75) is 27.7 Å². The van der Waals surface area contributed by atoms with Gasteiger partial charge in [0.25, 0.3) is 0 Å². The Balaban J connectivity index is 2.82. The molecule has 0 spiro atoms. The monoisotopic (exact) mass is 283 g/mol. The summed E-state index contributed by atoms with van der Waals surface area (Å²) >= 11 is 3.54. The van der Waals surface area contributed by atoms with E-state index in [0.29, 0.717) is 11.8 Å². The highest BCUT2D eigenvalue weighted by atomic mass is 79.9. The summed E-state index contributed by atoms with van der Waals surface area (Å²) in [6, 6.07) is 8.57. The van der Waals surface area contributed by atoms with Gasteiger partial charge >= 0.3 is 0 Å². The lowest BCUT2D eigenvalue weighted by molar-refractivity contribution is 0.552. The van der Waals surface area contributed by atoms with Crippen molar-refractivity contribution in [3.8, 4) is 0 Å². The van der Waals surface area contributed by atoms with Gasteiger partial charge in [-0.15, -0.1) is 0 Å². The predicted molar refractivity (Wildman–Crippen MR) is 76.0 cm³/mol. The van der Waals surface area contributed by atoms with Crippen molar-refractivity contribution in [3.63, 3.8) is 0 Å². The van der Waals surface area contributed by atoms with Crippen LogP contribution in [0.4, 0.5) is 5.69 Å². The molecule has 0 fully saturated rings. The second-order valence-corrected chi connectivity index (χ2v) is 6.09. The Morgan fingerprint density at radius 3 is 2.06 bits per heavy atom. The van der Waals surface area contributed by atoms with Crippen LogP contribution in [-0.4, -0.2) is 13.1 Å². The average molecular weight is 284 g/mol. The van der Waals surface area contributed by atoms with E-state index in [9.17, 15) is 0 Å². The molecular weight excluding hydrogens is 262 g/mol. The van der Waals surface area contributed by atoms with Crippen LogP contribution in [0.5, 0.6) is 0 Å². The van der Waals surface area contributed by atoms with Crippen LogP contribution in [0.2, 0.25) is 0 Å². The minimum absolute atomic E-state index is 0.692. The van der Waals surface area contributed by atoms with Crippen molar-refractivity contribution < 1.29 is 0 Å². The van der Waals surface area contributed by atoms with Crippen LogP contribution < -0.4 is 4.90 Å². The summed E-state index contributed by atoms with van der Waals surface area (Å²) in [7, 11) is 0. The quantitative estimate of drug-likeness (QED) is 0.765. The summed E-state index contributed by atoms with van der Waals surface area (Å²) < 4.78 is 1.16. The minimum atomic E-state index is 0.692. The topological polar surface area (TPSA) is 3.24 Å². The molecule has 16 heavy (non-hydrogen) atoms. The van der Waals surface area contributed by atoms with E-state index in [1.807, 2.05) is 0 Å². The molecule has 0 amide bonds. The fourth-order valence-corrected chi connectivity index (χ4v) is 2.23. The molecule has 0 heterocycles. The molecule has 0 saturated heterocycles. The maximum Gasteiger partial charge on any atom is 0.0377 e. The van der Waals surface area contributed by atoms with Crippen molar-refractivity contribution >= 4 is 21.6 Å². The Hall–Kier alpha value is -0.500. The Labute approximate surface area is 108 Å². The molecule has 0 aliphatic heterocycles. The molecule has 90 valence electrons. The lowest BCUT2D eigenvalue weighted by Crippen LogP contribution is -2.31. The number of hydrogen-bond acceptors (Lipinski definition) is 1. The Bertz CT molecular complexity index is 310. The van der Waals surface area contributed by atoms with E-state index in [4.69, 9.17) is 0 Å². The number of rotatable bonds is 5. The molecule has 0 unspecified atom stereocenters. The zero-order valence-electron chi connectivity index (χ0n) is 10.7. The molecule has 0 bridgehead atoms. The molecule has 0 aliphatic rings. The number of halogens is 1. The third-order valence-corrected chi connectivity index (χ3v) is 2.84. The molecule has 1 aromatic carbocycles. The van der Waals surface area contributed by atoms with Crippen molar-refractivity contribution in [2.75, 3.05) is 18.0 Å². The summed E-state index contributed by atoms with van der Waals surface area (Å²) in [6.45, 7) is 11.3. The normalized spacial score (nSPS) is 11.2. The van der Waals surface area contributed by atoms with E-state index in [0.717, 1.165) is 17.6 Å². The van der Waals surface area contributed by atoms with E-state index in [2.05, 4.69) is 72.8 Å². The first-order chi connectivity index (χ1) is 7.49. The summed E-state index contributed by atoms with van der Waals surface area (Å²) in [5.74, 6) is 1.38. The number of anilines is 1. The predicted octanol–water partition coefficient (Wildman–Crippen LogP) is 4.57. The fraction of sp³-hybridized carbons (Fsp3) is 0.571. The highest BCUT2D eigenvalue weighted by Crippen LogP contribution is 2.21. The summed E-state index contributed by atoms with van der Waals surface area (Å²) in [5.41, 5.74) is 1.32. The third kappa shape index (κ3) is 4.56. The van der Waals surface area contributed by atoms with E-state index >= 15 is 0 Å². The molecule has 0 atom stereocenters. The van der Waals surface area contributed by atoms with Crippen LogP contribution in [0, 0.1) is 11.8 Å². The van der Waals surface area contributed by atoms with Crippen LogP contribution >= 0.6 is 15.9 Å². The molecule has 2 heteroatoms. The first-order valence-corrected chi connectivity index (χ1v) is 6.79. The lowest BCUT2D eigenvalue weighted by Gasteiger charge is -2.28. The molecule has 0 aromatic heterocycles.